The smallest absolute Gasteiger partial charge is 0.408 e. The average Bonchev–Trinajstić information content (AvgIpc) is 3.12. The molecule has 0 bridgehead atoms. The third-order valence-electron chi connectivity index (χ3n) is 4.98. The van der Waals surface area contributed by atoms with Crippen LogP contribution < -0.4 is 0 Å². The number of amides is 1. The van der Waals surface area contributed by atoms with Crippen molar-refractivity contribution in [3.8, 4) is 11.3 Å². The second-order valence-corrected chi connectivity index (χ2v) is 8.43. The summed E-state index contributed by atoms with van der Waals surface area (Å²) in [6, 6.07) is 7.81. The number of aliphatic hydroxyl groups excluding tert-OH is 1. The molecule has 2 unspecified atom stereocenters. The van der Waals surface area contributed by atoms with Crippen LogP contribution in [0.4, 0.5) is 4.79 Å². The first-order chi connectivity index (χ1) is 11.6. The maximum absolute atomic E-state index is 11.9. The Morgan fingerprint density at radius 3 is 2.56 bits per heavy atom. The highest BCUT2D eigenvalue weighted by Crippen LogP contribution is 2.50. The van der Waals surface area contributed by atoms with E-state index >= 15 is 0 Å². The number of aliphatic hydroxyl groups is 1. The van der Waals surface area contributed by atoms with E-state index in [2.05, 4.69) is 25.9 Å². The van der Waals surface area contributed by atoms with Crippen LogP contribution in [0, 0.1) is 5.41 Å². The number of imidazole rings is 1. The number of benzene rings is 1. The van der Waals surface area contributed by atoms with Crippen molar-refractivity contribution < 1.29 is 15.0 Å². The lowest BCUT2D eigenvalue weighted by molar-refractivity contribution is 0.0211. The second-order valence-electron chi connectivity index (χ2n) is 7.51. The minimum Gasteiger partial charge on any atom is -0.465 e. The fourth-order valence-electron chi connectivity index (χ4n) is 3.72. The maximum Gasteiger partial charge on any atom is 0.408 e. The molecule has 7 heteroatoms. The normalized spacial score (nSPS) is 23.9. The summed E-state index contributed by atoms with van der Waals surface area (Å²) in [5, 5.41) is 19.9. The molecule has 3 rings (SSSR count). The van der Waals surface area contributed by atoms with Crippen molar-refractivity contribution in [2.24, 2.45) is 5.41 Å². The molecule has 2 heterocycles. The van der Waals surface area contributed by atoms with Crippen molar-refractivity contribution in [3.05, 3.63) is 40.8 Å². The third kappa shape index (κ3) is 2.95. The summed E-state index contributed by atoms with van der Waals surface area (Å²) in [7, 11) is 0. The number of β-amino-alcohol motifs (C(OH)–C–C–N with tert-alkyl or cyclic N) is 1. The molecule has 1 aliphatic heterocycles. The van der Waals surface area contributed by atoms with Gasteiger partial charge < -0.3 is 15.2 Å². The van der Waals surface area contributed by atoms with Crippen molar-refractivity contribution in [2.45, 2.75) is 38.8 Å². The number of likely N-dealkylation sites (tertiary alicyclic amines) is 1. The summed E-state index contributed by atoms with van der Waals surface area (Å²) in [6.45, 7) is 6.01. The number of carboxylic acid groups (broad SMARTS) is 1. The van der Waals surface area contributed by atoms with Crippen LogP contribution in [0.2, 0.25) is 0 Å². The van der Waals surface area contributed by atoms with E-state index in [-0.39, 0.29) is 6.54 Å². The minimum atomic E-state index is -1.05. The molecule has 2 aromatic rings. The number of hydrogen-bond donors (Lipinski definition) is 3. The molecule has 2 atom stereocenters. The molecule has 134 valence electrons. The van der Waals surface area contributed by atoms with Crippen LogP contribution in [0.15, 0.2) is 34.9 Å². The van der Waals surface area contributed by atoms with Gasteiger partial charge in [0.2, 0.25) is 0 Å². The molecule has 0 saturated carbocycles. The van der Waals surface area contributed by atoms with Gasteiger partial charge >= 0.3 is 6.09 Å². The van der Waals surface area contributed by atoms with E-state index in [1.807, 2.05) is 45.0 Å². The van der Waals surface area contributed by atoms with Gasteiger partial charge in [-0.1, -0.05) is 48.8 Å². The van der Waals surface area contributed by atoms with Crippen LogP contribution in [0.1, 0.15) is 33.0 Å². The number of halogens is 1. The Balaban J connectivity index is 2.10. The number of carbonyl (C=O) groups is 1. The summed E-state index contributed by atoms with van der Waals surface area (Å²) in [5.74, 6) is 0.567. The SMILES string of the molecule is CC(C)(C)C1(c2ncc(-c3ccc(Br)cc3)[nH]2)CC(O)CN1C(=O)O. The molecule has 25 heavy (non-hydrogen) atoms. The van der Waals surface area contributed by atoms with Crippen molar-refractivity contribution in [3.63, 3.8) is 0 Å². The van der Waals surface area contributed by atoms with Gasteiger partial charge in [-0.25, -0.2) is 9.78 Å². The van der Waals surface area contributed by atoms with Gasteiger partial charge in [0.1, 0.15) is 11.4 Å². The molecule has 1 fully saturated rings. The Kier molecular flexibility index (Phi) is 4.41. The van der Waals surface area contributed by atoms with Crippen LogP contribution in [-0.2, 0) is 5.54 Å². The molecule has 1 saturated heterocycles. The largest absolute Gasteiger partial charge is 0.465 e. The lowest BCUT2D eigenvalue weighted by atomic mass is 9.71. The van der Waals surface area contributed by atoms with Crippen LogP contribution in [0.5, 0.6) is 0 Å². The summed E-state index contributed by atoms with van der Waals surface area (Å²) in [5.41, 5.74) is 0.424. The molecule has 1 aliphatic rings. The van der Waals surface area contributed by atoms with Crippen LogP contribution in [-0.4, -0.2) is 43.8 Å². The van der Waals surface area contributed by atoms with E-state index in [0.29, 0.717) is 12.2 Å². The topological polar surface area (TPSA) is 89.5 Å². The molecule has 1 aromatic carbocycles. The summed E-state index contributed by atoms with van der Waals surface area (Å²) >= 11 is 3.42. The van der Waals surface area contributed by atoms with Gasteiger partial charge in [0, 0.05) is 10.9 Å². The predicted molar refractivity (Wildman–Crippen MR) is 98.2 cm³/mol. The third-order valence-corrected chi connectivity index (χ3v) is 5.51. The maximum atomic E-state index is 11.9. The van der Waals surface area contributed by atoms with Gasteiger partial charge in [-0.15, -0.1) is 0 Å². The monoisotopic (exact) mass is 407 g/mol. The van der Waals surface area contributed by atoms with Crippen LogP contribution in [0.25, 0.3) is 11.3 Å². The Labute approximate surface area is 155 Å². The number of nitrogens with one attached hydrogen (secondary N) is 1. The summed E-state index contributed by atoms with van der Waals surface area (Å²) in [4.78, 5) is 21.0. The molecule has 0 aliphatic carbocycles. The quantitative estimate of drug-likeness (QED) is 0.705. The standard InChI is InChI=1S/C18H22BrN3O3/c1-17(2,3)18(8-13(23)10-22(18)16(24)25)15-20-9-14(21-15)11-4-6-12(19)7-5-11/h4-7,9,13,23H,8,10H2,1-3H3,(H,20,21)(H,24,25). The highest BCUT2D eigenvalue weighted by Gasteiger charge is 2.57. The Hall–Kier alpha value is -1.86. The molecule has 1 amide bonds. The minimum absolute atomic E-state index is 0.0842. The number of nitrogens with zero attached hydrogens (tertiary/aromatic N) is 2. The lowest BCUT2D eigenvalue weighted by Gasteiger charge is -2.45. The number of aromatic nitrogens is 2. The average molecular weight is 408 g/mol. The molecule has 6 nitrogen and oxygen atoms in total. The van der Waals surface area contributed by atoms with E-state index in [1.54, 1.807) is 6.20 Å². The number of hydrogen-bond acceptors (Lipinski definition) is 3. The molecule has 0 spiro atoms. The Bertz CT molecular complexity index is 782. The van der Waals surface area contributed by atoms with Gasteiger partial charge in [-0.3, -0.25) is 4.90 Å². The molecule has 0 radical (unpaired) electrons. The summed E-state index contributed by atoms with van der Waals surface area (Å²) in [6.07, 6.45) is 0.275. The lowest BCUT2D eigenvalue weighted by Crippen LogP contribution is -2.53. The van der Waals surface area contributed by atoms with Crippen molar-refractivity contribution in [1.29, 1.82) is 0 Å². The Morgan fingerprint density at radius 1 is 1.36 bits per heavy atom. The zero-order valence-corrected chi connectivity index (χ0v) is 16.0. The highest BCUT2D eigenvalue weighted by atomic mass is 79.9. The fraction of sp³-hybridized carbons (Fsp3) is 0.444. The first kappa shape index (κ1) is 17.9. The zero-order chi connectivity index (χ0) is 18.4. The zero-order valence-electron chi connectivity index (χ0n) is 14.5. The summed E-state index contributed by atoms with van der Waals surface area (Å²) < 4.78 is 0.984. The number of rotatable bonds is 2. The first-order valence-electron chi connectivity index (χ1n) is 8.15. The molecular weight excluding hydrogens is 386 g/mol. The molecule has 1 aromatic heterocycles. The van der Waals surface area contributed by atoms with Crippen molar-refractivity contribution in [1.82, 2.24) is 14.9 Å². The van der Waals surface area contributed by atoms with E-state index < -0.39 is 23.2 Å². The highest BCUT2D eigenvalue weighted by molar-refractivity contribution is 9.10. The van der Waals surface area contributed by atoms with Gasteiger partial charge in [-0.2, -0.15) is 0 Å². The molecular formula is C18H22BrN3O3. The number of H-pyrrole nitrogens is 1. The molecule has 3 N–H and O–H groups in total. The van der Waals surface area contributed by atoms with Crippen LogP contribution in [0.3, 0.4) is 0 Å². The van der Waals surface area contributed by atoms with E-state index in [1.165, 1.54) is 4.90 Å². The van der Waals surface area contributed by atoms with Crippen LogP contribution >= 0.6 is 15.9 Å². The Morgan fingerprint density at radius 2 is 2.00 bits per heavy atom. The van der Waals surface area contributed by atoms with E-state index in [9.17, 15) is 15.0 Å². The van der Waals surface area contributed by atoms with Crippen molar-refractivity contribution >= 4 is 22.0 Å². The van der Waals surface area contributed by atoms with Gasteiger partial charge in [0.05, 0.1) is 24.5 Å². The first-order valence-corrected chi connectivity index (χ1v) is 8.94. The fourth-order valence-corrected chi connectivity index (χ4v) is 3.99. The van der Waals surface area contributed by atoms with Gasteiger partial charge in [0.25, 0.3) is 0 Å². The van der Waals surface area contributed by atoms with E-state index in [4.69, 9.17) is 0 Å². The van der Waals surface area contributed by atoms with Gasteiger partial charge in [-0.05, 0) is 23.1 Å². The second kappa shape index (κ2) is 6.14. The van der Waals surface area contributed by atoms with Gasteiger partial charge in [0.15, 0.2) is 0 Å². The number of aromatic amines is 1. The van der Waals surface area contributed by atoms with Crippen molar-refractivity contribution in [2.75, 3.05) is 6.54 Å². The predicted octanol–water partition coefficient (Wildman–Crippen LogP) is 3.83. The van der Waals surface area contributed by atoms with E-state index in [0.717, 1.165) is 15.7 Å².